The molecule has 1 aromatic carbocycles. The van der Waals surface area contributed by atoms with Gasteiger partial charge in [-0.2, -0.15) is 0 Å². The molecule has 0 spiro atoms. The highest BCUT2D eigenvalue weighted by Crippen LogP contribution is 2.38. The first kappa shape index (κ1) is 13.1. The summed E-state index contributed by atoms with van der Waals surface area (Å²) in [6, 6.07) is 8.21. The zero-order valence-corrected chi connectivity index (χ0v) is 12.8. The van der Waals surface area contributed by atoms with Crippen LogP contribution in [0.3, 0.4) is 0 Å². The monoisotopic (exact) mass is 259 g/mol. The Labute approximate surface area is 110 Å². The fourth-order valence-corrected chi connectivity index (χ4v) is 2.64. The van der Waals surface area contributed by atoms with Crippen molar-refractivity contribution in [2.45, 2.75) is 38.9 Å². The second-order valence-corrected chi connectivity index (χ2v) is 10.9. The second kappa shape index (κ2) is 4.39. The molecule has 0 N–H and O–H groups in total. The van der Waals surface area contributed by atoms with Gasteiger partial charge in [-0.15, -0.1) is 0 Å². The highest BCUT2D eigenvalue weighted by atomic mass is 28.4. The fourth-order valence-electron chi connectivity index (χ4n) is 1.60. The Morgan fingerprint density at radius 3 is 2.50 bits per heavy atom. The van der Waals surface area contributed by atoms with E-state index in [1.54, 1.807) is 0 Å². The Kier molecular flexibility index (Phi) is 3.19. The highest BCUT2D eigenvalue weighted by Gasteiger charge is 2.39. The third-order valence-corrected chi connectivity index (χ3v) is 8.16. The van der Waals surface area contributed by atoms with Crippen LogP contribution in [0.5, 0.6) is 5.75 Å². The van der Waals surface area contributed by atoms with Crippen LogP contribution in [0.4, 0.5) is 0 Å². The van der Waals surface area contributed by atoms with Crippen molar-refractivity contribution in [2.75, 3.05) is 0 Å². The van der Waals surface area contributed by atoms with E-state index in [0.717, 1.165) is 11.1 Å². The Morgan fingerprint density at radius 1 is 1.11 bits per heavy atom. The van der Waals surface area contributed by atoms with Gasteiger partial charge in [0, 0.05) is 17.8 Å². The van der Waals surface area contributed by atoms with Gasteiger partial charge >= 0.3 is 0 Å². The Bertz CT molecular complexity index is 552. The Morgan fingerprint density at radius 2 is 1.83 bits per heavy atom. The van der Waals surface area contributed by atoms with Crippen LogP contribution in [-0.2, 0) is 0 Å². The molecule has 1 aromatic heterocycles. The molecule has 0 radical (unpaired) electrons. The summed E-state index contributed by atoms with van der Waals surface area (Å²) in [7, 11) is -1.79. The number of fused-ring (bicyclic) bond motifs is 1. The summed E-state index contributed by atoms with van der Waals surface area (Å²) in [6.45, 7) is 11.3. The molecule has 0 bridgehead atoms. The van der Waals surface area contributed by atoms with E-state index in [4.69, 9.17) is 4.43 Å². The predicted octanol–water partition coefficient (Wildman–Crippen LogP) is 4.62. The summed E-state index contributed by atoms with van der Waals surface area (Å²) in [6.07, 6.45) is 3.70. The van der Waals surface area contributed by atoms with E-state index in [1.807, 2.05) is 30.6 Å². The number of benzene rings is 1. The molecule has 0 aliphatic carbocycles. The minimum Gasteiger partial charge on any atom is -0.543 e. The van der Waals surface area contributed by atoms with E-state index in [9.17, 15) is 0 Å². The summed E-state index contributed by atoms with van der Waals surface area (Å²) >= 11 is 0. The first-order valence-corrected chi connectivity index (χ1v) is 9.24. The quantitative estimate of drug-likeness (QED) is 0.734. The maximum atomic E-state index is 6.38. The molecule has 0 aliphatic rings. The third-order valence-electron chi connectivity index (χ3n) is 3.81. The number of hydrogen-bond acceptors (Lipinski definition) is 2. The van der Waals surface area contributed by atoms with Gasteiger partial charge in [-0.3, -0.25) is 4.98 Å². The fraction of sp³-hybridized carbons (Fsp3) is 0.400. The van der Waals surface area contributed by atoms with Gasteiger partial charge in [0.1, 0.15) is 5.75 Å². The van der Waals surface area contributed by atoms with Gasteiger partial charge in [0.25, 0.3) is 8.32 Å². The van der Waals surface area contributed by atoms with Crippen LogP contribution in [0.15, 0.2) is 36.7 Å². The molecule has 0 amide bonds. The van der Waals surface area contributed by atoms with Gasteiger partial charge in [-0.25, -0.2) is 0 Å². The molecule has 18 heavy (non-hydrogen) atoms. The number of pyridine rings is 1. The van der Waals surface area contributed by atoms with Crippen molar-refractivity contribution in [1.82, 2.24) is 4.98 Å². The largest absolute Gasteiger partial charge is 0.543 e. The molecular weight excluding hydrogens is 238 g/mol. The van der Waals surface area contributed by atoms with Crippen LogP contribution < -0.4 is 4.43 Å². The smallest absolute Gasteiger partial charge is 0.250 e. The van der Waals surface area contributed by atoms with Gasteiger partial charge in [0.15, 0.2) is 0 Å². The zero-order chi connectivity index (χ0) is 13.4. The summed E-state index contributed by atoms with van der Waals surface area (Å²) in [5, 5.41) is 2.49. The number of hydrogen-bond donors (Lipinski definition) is 0. The molecule has 2 nitrogen and oxygen atoms in total. The summed E-state index contributed by atoms with van der Waals surface area (Å²) in [5.74, 6) is 0.965. The van der Waals surface area contributed by atoms with Gasteiger partial charge in [0.2, 0.25) is 0 Å². The number of rotatable bonds is 2. The molecule has 0 saturated carbocycles. The molecule has 1 heterocycles. The molecule has 0 aliphatic heterocycles. The number of nitrogens with zero attached hydrogens (tertiary/aromatic N) is 1. The van der Waals surface area contributed by atoms with Crippen LogP contribution in [0.1, 0.15) is 20.8 Å². The van der Waals surface area contributed by atoms with Crippen molar-refractivity contribution in [3.05, 3.63) is 36.7 Å². The average molecular weight is 259 g/mol. The topological polar surface area (TPSA) is 22.1 Å². The van der Waals surface area contributed by atoms with Crippen molar-refractivity contribution < 1.29 is 4.43 Å². The molecule has 2 rings (SSSR count). The second-order valence-electron chi connectivity index (χ2n) is 6.22. The highest BCUT2D eigenvalue weighted by molar-refractivity contribution is 6.74. The molecule has 96 valence electrons. The molecule has 2 aromatic rings. The van der Waals surface area contributed by atoms with Gasteiger partial charge in [-0.1, -0.05) is 32.9 Å². The maximum Gasteiger partial charge on any atom is 0.250 e. The first-order chi connectivity index (χ1) is 8.31. The van der Waals surface area contributed by atoms with E-state index >= 15 is 0 Å². The molecular formula is C15H21NOSi. The van der Waals surface area contributed by atoms with Crippen molar-refractivity contribution in [3.63, 3.8) is 0 Å². The van der Waals surface area contributed by atoms with Crippen LogP contribution >= 0.6 is 0 Å². The lowest BCUT2D eigenvalue weighted by Crippen LogP contribution is -2.43. The van der Waals surface area contributed by atoms with Gasteiger partial charge in [0.05, 0.1) is 0 Å². The van der Waals surface area contributed by atoms with Gasteiger partial charge in [-0.05, 0) is 35.7 Å². The number of aromatic nitrogens is 1. The van der Waals surface area contributed by atoms with E-state index in [-0.39, 0.29) is 5.04 Å². The lowest BCUT2D eigenvalue weighted by molar-refractivity contribution is 0.496. The predicted molar refractivity (Wildman–Crippen MR) is 79.6 cm³/mol. The van der Waals surface area contributed by atoms with Crippen LogP contribution in [0, 0.1) is 0 Å². The van der Waals surface area contributed by atoms with Crippen molar-refractivity contribution >= 4 is 19.1 Å². The van der Waals surface area contributed by atoms with E-state index in [2.05, 4.69) is 44.9 Å². The van der Waals surface area contributed by atoms with Crippen molar-refractivity contribution in [2.24, 2.45) is 0 Å². The van der Waals surface area contributed by atoms with Crippen molar-refractivity contribution in [1.29, 1.82) is 0 Å². The normalized spacial score (nSPS) is 12.7. The minimum absolute atomic E-state index is 0.206. The summed E-state index contributed by atoms with van der Waals surface area (Å²) in [4.78, 5) is 4.20. The van der Waals surface area contributed by atoms with Crippen molar-refractivity contribution in [3.8, 4) is 5.75 Å². The van der Waals surface area contributed by atoms with Crippen LogP contribution in [0.2, 0.25) is 18.1 Å². The van der Waals surface area contributed by atoms with Gasteiger partial charge < -0.3 is 4.43 Å². The molecule has 3 heteroatoms. The summed E-state index contributed by atoms with van der Waals surface area (Å²) in [5.41, 5.74) is 0. The van der Waals surface area contributed by atoms with Crippen LogP contribution in [0.25, 0.3) is 10.8 Å². The first-order valence-electron chi connectivity index (χ1n) is 6.33. The maximum absolute atomic E-state index is 6.38. The lowest BCUT2D eigenvalue weighted by Gasteiger charge is -2.36. The molecule has 0 unspecified atom stereocenters. The average Bonchev–Trinajstić information content (AvgIpc) is 2.27. The standard InChI is InChI=1S/C15H21NOSi/c1-15(2,3)18(4,5)17-14-8-6-7-12-9-10-16-11-13(12)14/h6-11H,1-5H3. The van der Waals surface area contributed by atoms with Crippen LogP contribution in [-0.4, -0.2) is 13.3 Å². The third kappa shape index (κ3) is 2.41. The molecule has 0 saturated heterocycles. The van der Waals surface area contributed by atoms with E-state index < -0.39 is 8.32 Å². The molecule has 0 fully saturated rings. The minimum atomic E-state index is -1.79. The van der Waals surface area contributed by atoms with E-state index in [1.165, 1.54) is 5.39 Å². The van der Waals surface area contributed by atoms with E-state index in [0.29, 0.717) is 0 Å². The summed E-state index contributed by atoms with van der Waals surface area (Å²) < 4.78 is 6.38. The zero-order valence-electron chi connectivity index (χ0n) is 11.8. The SMILES string of the molecule is CC(C)(C)[Si](C)(C)Oc1cccc2ccncc12. The Hall–Kier alpha value is -1.35. The molecule has 0 atom stereocenters. The lowest BCUT2D eigenvalue weighted by atomic mass is 10.2. The Balaban J connectivity index is 2.44.